The molecule has 1 aromatic carbocycles. The van der Waals surface area contributed by atoms with Gasteiger partial charge in [0.1, 0.15) is 0 Å². The van der Waals surface area contributed by atoms with Crippen LogP contribution in [0.2, 0.25) is 0 Å². The van der Waals surface area contributed by atoms with E-state index in [1.807, 2.05) is 6.92 Å². The highest BCUT2D eigenvalue weighted by Gasteiger charge is 2.42. The fourth-order valence-electron chi connectivity index (χ4n) is 5.00. The normalized spacial score (nSPS) is 26.5. The lowest BCUT2D eigenvalue weighted by atomic mass is 9.72. The zero-order valence-electron chi connectivity index (χ0n) is 15.9. The number of aliphatic hydroxyl groups excluding tert-OH is 1. The van der Waals surface area contributed by atoms with Gasteiger partial charge in [-0.2, -0.15) is 0 Å². The molecule has 1 amide bonds. The summed E-state index contributed by atoms with van der Waals surface area (Å²) in [7, 11) is 2.15. The second kappa shape index (κ2) is 6.71. The first kappa shape index (κ1) is 17.6. The number of nitrogens with one attached hydrogen (secondary N) is 2. The SMILES string of the molecule is CC[C@@H](CO)NC(=O)[C@@H]1CC2c3cccc4[nH]c(C)c(c34)C[C@H]2N(C)C1. The van der Waals surface area contributed by atoms with Crippen molar-refractivity contribution in [2.45, 2.75) is 51.1 Å². The quantitative estimate of drug-likeness (QED) is 0.788. The molecule has 5 nitrogen and oxygen atoms in total. The van der Waals surface area contributed by atoms with Crippen LogP contribution in [-0.2, 0) is 11.2 Å². The summed E-state index contributed by atoms with van der Waals surface area (Å²) < 4.78 is 0. The van der Waals surface area contributed by atoms with Crippen molar-refractivity contribution in [3.8, 4) is 0 Å². The van der Waals surface area contributed by atoms with Crippen LogP contribution in [0.15, 0.2) is 18.2 Å². The minimum atomic E-state index is -0.140. The molecule has 1 unspecified atom stereocenters. The molecule has 0 bridgehead atoms. The van der Waals surface area contributed by atoms with E-state index in [4.69, 9.17) is 0 Å². The van der Waals surface area contributed by atoms with Crippen molar-refractivity contribution in [2.75, 3.05) is 20.2 Å². The zero-order chi connectivity index (χ0) is 18.4. The number of carbonyl (C=O) groups is 1. The van der Waals surface area contributed by atoms with Gasteiger partial charge in [0.15, 0.2) is 0 Å². The number of aliphatic hydroxyl groups is 1. The second-order valence-corrected chi connectivity index (χ2v) is 8.04. The molecule has 2 aliphatic rings. The Kier molecular flexibility index (Phi) is 4.53. The molecule has 0 radical (unpaired) electrons. The minimum Gasteiger partial charge on any atom is -0.394 e. The summed E-state index contributed by atoms with van der Waals surface area (Å²) in [6.45, 7) is 4.94. The van der Waals surface area contributed by atoms with Crippen LogP contribution in [0.1, 0.15) is 42.5 Å². The van der Waals surface area contributed by atoms with Gasteiger partial charge >= 0.3 is 0 Å². The Morgan fingerprint density at radius 2 is 2.27 bits per heavy atom. The van der Waals surface area contributed by atoms with Crippen LogP contribution in [0, 0.1) is 12.8 Å². The molecular weight excluding hydrogens is 326 g/mol. The van der Waals surface area contributed by atoms with Crippen molar-refractivity contribution < 1.29 is 9.90 Å². The van der Waals surface area contributed by atoms with Crippen molar-refractivity contribution >= 4 is 16.8 Å². The maximum absolute atomic E-state index is 12.8. The molecule has 140 valence electrons. The van der Waals surface area contributed by atoms with Gasteiger partial charge in [0.25, 0.3) is 0 Å². The number of aromatic amines is 1. The van der Waals surface area contributed by atoms with Gasteiger partial charge in [0, 0.05) is 35.1 Å². The molecule has 4 rings (SSSR count). The van der Waals surface area contributed by atoms with Crippen LogP contribution in [0.4, 0.5) is 0 Å². The highest BCUT2D eigenvalue weighted by atomic mass is 16.3. The summed E-state index contributed by atoms with van der Waals surface area (Å²) in [5.41, 5.74) is 5.32. The summed E-state index contributed by atoms with van der Waals surface area (Å²) in [6, 6.07) is 6.83. The molecule has 0 saturated carbocycles. The highest BCUT2D eigenvalue weighted by Crippen LogP contribution is 2.45. The lowest BCUT2D eigenvalue weighted by Crippen LogP contribution is -2.52. The number of aryl methyl sites for hydroxylation is 1. The molecule has 5 heteroatoms. The first-order valence-electron chi connectivity index (χ1n) is 9.75. The molecule has 2 aromatic rings. The summed E-state index contributed by atoms with van der Waals surface area (Å²) in [5.74, 6) is 0.434. The Morgan fingerprint density at radius 1 is 1.46 bits per heavy atom. The van der Waals surface area contributed by atoms with E-state index in [0.29, 0.717) is 12.0 Å². The number of H-pyrrole nitrogens is 1. The molecule has 1 aliphatic heterocycles. The third-order valence-electron chi connectivity index (χ3n) is 6.49. The van der Waals surface area contributed by atoms with Crippen LogP contribution in [0.5, 0.6) is 0 Å². The van der Waals surface area contributed by atoms with E-state index in [1.165, 1.54) is 27.7 Å². The number of aromatic nitrogens is 1. The number of fused-ring (bicyclic) bond motifs is 2. The summed E-state index contributed by atoms with van der Waals surface area (Å²) in [6.07, 6.45) is 2.68. The third kappa shape index (κ3) is 2.74. The van der Waals surface area contributed by atoms with Crippen molar-refractivity contribution in [3.63, 3.8) is 0 Å². The Hall–Kier alpha value is -1.85. The largest absolute Gasteiger partial charge is 0.394 e. The van der Waals surface area contributed by atoms with Gasteiger partial charge in [0.05, 0.1) is 18.6 Å². The van der Waals surface area contributed by atoms with Gasteiger partial charge in [0.2, 0.25) is 5.91 Å². The summed E-state index contributed by atoms with van der Waals surface area (Å²) >= 11 is 0. The summed E-state index contributed by atoms with van der Waals surface area (Å²) in [5, 5.41) is 13.8. The van der Waals surface area contributed by atoms with Gasteiger partial charge in [-0.25, -0.2) is 0 Å². The smallest absolute Gasteiger partial charge is 0.224 e. The highest BCUT2D eigenvalue weighted by molar-refractivity contribution is 5.90. The van der Waals surface area contributed by atoms with E-state index < -0.39 is 0 Å². The standard InChI is InChI=1S/C21H29N3O2/c1-4-14(11-25)23-21(26)13-8-17-15-6-5-7-18-20(15)16(12(2)22-18)9-19(17)24(3)10-13/h5-7,13-14,17,19,22,25H,4,8-11H2,1-3H3,(H,23,26)/t13-,14+,17?,19-/m1/s1. The van der Waals surface area contributed by atoms with E-state index in [9.17, 15) is 9.90 Å². The van der Waals surface area contributed by atoms with Crippen molar-refractivity contribution in [1.82, 2.24) is 15.2 Å². The zero-order valence-corrected chi connectivity index (χ0v) is 15.9. The van der Waals surface area contributed by atoms with Gasteiger partial charge < -0.3 is 20.3 Å². The number of hydrogen-bond donors (Lipinski definition) is 3. The topological polar surface area (TPSA) is 68.4 Å². The number of benzene rings is 1. The lowest BCUT2D eigenvalue weighted by Gasteiger charge is -2.45. The van der Waals surface area contributed by atoms with Gasteiger partial charge in [-0.15, -0.1) is 0 Å². The maximum atomic E-state index is 12.8. The predicted molar refractivity (Wildman–Crippen MR) is 103 cm³/mol. The maximum Gasteiger partial charge on any atom is 0.224 e. The van der Waals surface area contributed by atoms with Crippen molar-refractivity contribution in [2.24, 2.45) is 5.92 Å². The van der Waals surface area contributed by atoms with E-state index in [0.717, 1.165) is 25.8 Å². The van der Waals surface area contributed by atoms with Crippen LogP contribution in [0.3, 0.4) is 0 Å². The number of likely N-dealkylation sites (tertiary alicyclic amines) is 1. The molecule has 1 aromatic heterocycles. The average molecular weight is 355 g/mol. The minimum absolute atomic E-state index is 0.00213. The summed E-state index contributed by atoms with van der Waals surface area (Å²) in [4.78, 5) is 18.7. The molecule has 3 N–H and O–H groups in total. The lowest BCUT2D eigenvalue weighted by molar-refractivity contribution is -0.128. The molecule has 1 aliphatic carbocycles. The van der Waals surface area contributed by atoms with Gasteiger partial charge in [-0.3, -0.25) is 4.79 Å². The molecule has 0 spiro atoms. The van der Waals surface area contributed by atoms with Crippen LogP contribution < -0.4 is 5.32 Å². The molecule has 1 fully saturated rings. The number of hydrogen-bond acceptors (Lipinski definition) is 3. The number of nitrogens with zero attached hydrogens (tertiary/aromatic N) is 1. The predicted octanol–water partition coefficient (Wildman–Crippen LogP) is 2.32. The van der Waals surface area contributed by atoms with E-state index >= 15 is 0 Å². The molecule has 1 saturated heterocycles. The van der Waals surface area contributed by atoms with Gasteiger partial charge in [-0.1, -0.05) is 19.1 Å². The van der Waals surface area contributed by atoms with E-state index in [1.54, 1.807) is 0 Å². The van der Waals surface area contributed by atoms with Crippen LogP contribution in [0.25, 0.3) is 10.9 Å². The first-order valence-corrected chi connectivity index (χ1v) is 9.75. The number of piperidine rings is 1. The van der Waals surface area contributed by atoms with E-state index in [-0.39, 0.29) is 24.5 Å². The van der Waals surface area contributed by atoms with Crippen LogP contribution >= 0.6 is 0 Å². The Labute approximate surface area is 154 Å². The number of rotatable bonds is 4. The Bertz CT molecular complexity index is 824. The Balaban J connectivity index is 1.65. The Morgan fingerprint density at radius 3 is 3.00 bits per heavy atom. The number of carbonyl (C=O) groups excluding carboxylic acids is 1. The number of likely N-dealkylation sites (N-methyl/N-ethyl adjacent to an activating group) is 1. The number of amides is 1. The second-order valence-electron chi connectivity index (χ2n) is 8.04. The van der Waals surface area contributed by atoms with Crippen molar-refractivity contribution in [1.29, 1.82) is 0 Å². The molecule has 4 atom stereocenters. The van der Waals surface area contributed by atoms with Gasteiger partial charge in [-0.05, 0) is 50.4 Å². The average Bonchev–Trinajstić information content (AvgIpc) is 2.97. The fraction of sp³-hybridized carbons (Fsp3) is 0.571. The monoisotopic (exact) mass is 355 g/mol. The van der Waals surface area contributed by atoms with E-state index in [2.05, 4.69) is 47.4 Å². The molecular formula is C21H29N3O2. The molecule has 2 heterocycles. The van der Waals surface area contributed by atoms with Crippen LogP contribution in [-0.4, -0.2) is 53.2 Å². The first-order chi connectivity index (χ1) is 12.5. The molecule has 26 heavy (non-hydrogen) atoms. The fourth-order valence-corrected chi connectivity index (χ4v) is 5.00. The van der Waals surface area contributed by atoms with Crippen molar-refractivity contribution in [3.05, 3.63) is 35.0 Å². The third-order valence-corrected chi connectivity index (χ3v) is 6.49.